The van der Waals surface area contributed by atoms with Crippen LogP contribution in [-0.4, -0.2) is 65.2 Å². The lowest BCUT2D eigenvalue weighted by molar-refractivity contribution is -0.140. The number of likely N-dealkylation sites (N-methyl/N-ethyl adjacent to an activating group) is 1. The first-order valence-electron chi connectivity index (χ1n) is 11.3. The quantitative estimate of drug-likeness (QED) is 0.392. The van der Waals surface area contributed by atoms with Gasteiger partial charge in [0.25, 0.3) is 0 Å². The smallest absolute Gasteiger partial charge is 0.408 e. The maximum absolute atomic E-state index is 13.4. The predicted octanol–water partition coefficient (Wildman–Crippen LogP) is 3.84. The lowest BCUT2D eigenvalue weighted by Crippen LogP contribution is -2.52. The summed E-state index contributed by atoms with van der Waals surface area (Å²) in [6, 6.07) is 4.54. The van der Waals surface area contributed by atoms with Crippen molar-refractivity contribution in [1.29, 1.82) is 0 Å². The number of phenolic OH excluding ortho intramolecular Hbond substituents is 1. The molecule has 0 bridgehead atoms. The van der Waals surface area contributed by atoms with E-state index in [0.29, 0.717) is 24.3 Å². The molecule has 2 unspecified atom stereocenters. The zero-order valence-electron chi connectivity index (χ0n) is 20.6. The monoisotopic (exact) mass is 481 g/mol. The maximum Gasteiger partial charge on any atom is 0.408 e. The highest BCUT2D eigenvalue weighted by Gasteiger charge is 2.35. The van der Waals surface area contributed by atoms with Gasteiger partial charge in [0.2, 0.25) is 11.8 Å². The summed E-state index contributed by atoms with van der Waals surface area (Å²) in [4.78, 5) is 40.2. The van der Waals surface area contributed by atoms with Crippen LogP contribution >= 0.6 is 11.8 Å². The molecule has 0 saturated carbocycles. The summed E-state index contributed by atoms with van der Waals surface area (Å²) in [5, 5.41) is 15.9. The van der Waals surface area contributed by atoms with Gasteiger partial charge in [-0.15, -0.1) is 0 Å². The van der Waals surface area contributed by atoms with E-state index in [1.165, 1.54) is 18.0 Å². The molecule has 3 amide bonds. The standard InChI is InChI=1S/C24H39N3O5S/c1-7-8-11-15-25-21(29)20(17-12-9-10-13-19(17)28)27(5)22(30)18(14-16-33-6)26-23(31)32-24(2,3)4/h9-10,12-13,18,20,28H,7-8,11,14-16H2,1-6H3,(H,25,29)(H,26,31). The van der Waals surface area contributed by atoms with Gasteiger partial charge in [0.15, 0.2) is 0 Å². The van der Waals surface area contributed by atoms with Gasteiger partial charge in [0, 0.05) is 19.2 Å². The number of hydrogen-bond acceptors (Lipinski definition) is 6. The molecule has 0 radical (unpaired) electrons. The number of alkyl carbamates (subject to hydrolysis) is 1. The third kappa shape index (κ3) is 9.94. The van der Waals surface area contributed by atoms with Crippen molar-refractivity contribution in [3.63, 3.8) is 0 Å². The van der Waals surface area contributed by atoms with E-state index in [1.54, 1.807) is 50.7 Å². The van der Waals surface area contributed by atoms with Gasteiger partial charge < -0.3 is 25.4 Å². The van der Waals surface area contributed by atoms with Crippen LogP contribution in [0.1, 0.15) is 65.0 Å². The van der Waals surface area contributed by atoms with E-state index < -0.39 is 29.7 Å². The largest absolute Gasteiger partial charge is 0.508 e. The molecule has 3 N–H and O–H groups in total. The van der Waals surface area contributed by atoms with Crippen molar-refractivity contribution < 1.29 is 24.2 Å². The zero-order chi connectivity index (χ0) is 25.0. The number of ether oxygens (including phenoxy) is 1. The second kappa shape index (κ2) is 14.0. The number of aromatic hydroxyl groups is 1. The van der Waals surface area contributed by atoms with Crippen LogP contribution in [0.3, 0.4) is 0 Å². The second-order valence-corrected chi connectivity index (χ2v) is 9.87. The van der Waals surface area contributed by atoms with Crippen molar-refractivity contribution in [3.05, 3.63) is 29.8 Å². The van der Waals surface area contributed by atoms with Crippen LogP contribution in [0, 0.1) is 0 Å². The summed E-state index contributed by atoms with van der Waals surface area (Å²) in [5.41, 5.74) is -0.387. The number of nitrogens with one attached hydrogen (secondary N) is 2. The molecule has 1 aromatic rings. The summed E-state index contributed by atoms with van der Waals surface area (Å²) in [6.45, 7) is 7.79. The molecule has 0 aliphatic carbocycles. The van der Waals surface area contributed by atoms with E-state index in [4.69, 9.17) is 4.74 Å². The van der Waals surface area contributed by atoms with Gasteiger partial charge in [-0.2, -0.15) is 11.8 Å². The van der Waals surface area contributed by atoms with E-state index in [0.717, 1.165) is 19.3 Å². The Labute approximate surface area is 201 Å². The maximum atomic E-state index is 13.4. The Hall–Kier alpha value is -2.42. The van der Waals surface area contributed by atoms with Gasteiger partial charge in [-0.3, -0.25) is 9.59 Å². The Bertz CT molecular complexity index is 782. The summed E-state index contributed by atoms with van der Waals surface area (Å²) in [6.07, 6.45) is 4.41. The van der Waals surface area contributed by atoms with Gasteiger partial charge in [-0.25, -0.2) is 4.79 Å². The summed E-state index contributed by atoms with van der Waals surface area (Å²) >= 11 is 1.55. The molecule has 0 aromatic heterocycles. The van der Waals surface area contributed by atoms with Gasteiger partial charge >= 0.3 is 6.09 Å². The fourth-order valence-electron chi connectivity index (χ4n) is 3.24. The van der Waals surface area contributed by atoms with Crippen LogP contribution in [0.4, 0.5) is 4.79 Å². The topological polar surface area (TPSA) is 108 Å². The molecule has 1 aromatic carbocycles. The zero-order valence-corrected chi connectivity index (χ0v) is 21.5. The molecule has 9 heteroatoms. The number of benzene rings is 1. The van der Waals surface area contributed by atoms with Crippen LogP contribution in [0.5, 0.6) is 5.75 Å². The minimum absolute atomic E-state index is 0.0772. The number of amides is 3. The number of carbonyl (C=O) groups excluding carboxylic acids is 3. The first-order chi connectivity index (χ1) is 15.5. The SMILES string of the molecule is CCCCCNC(=O)C(c1ccccc1O)N(C)C(=O)C(CCSC)NC(=O)OC(C)(C)C. The molecular weight excluding hydrogens is 442 g/mol. The van der Waals surface area contributed by atoms with E-state index in [2.05, 4.69) is 17.6 Å². The first kappa shape index (κ1) is 28.6. The molecule has 0 fully saturated rings. The number of rotatable bonds is 12. The number of thioether (sulfide) groups is 1. The Morgan fingerprint density at radius 1 is 1.18 bits per heavy atom. The molecule has 0 saturated heterocycles. The molecule has 0 spiro atoms. The highest BCUT2D eigenvalue weighted by Crippen LogP contribution is 2.29. The van der Waals surface area contributed by atoms with Gasteiger partial charge in [-0.1, -0.05) is 38.0 Å². The van der Waals surface area contributed by atoms with Gasteiger partial charge in [0.05, 0.1) is 0 Å². The van der Waals surface area contributed by atoms with Crippen LogP contribution < -0.4 is 10.6 Å². The van der Waals surface area contributed by atoms with Crippen molar-refractivity contribution in [3.8, 4) is 5.75 Å². The third-order valence-corrected chi connectivity index (χ3v) is 5.54. The average Bonchev–Trinajstić information content (AvgIpc) is 2.73. The van der Waals surface area contributed by atoms with E-state index in [1.807, 2.05) is 6.26 Å². The molecule has 0 aliphatic rings. The fraction of sp³-hybridized carbons (Fsp3) is 0.625. The number of hydrogen-bond donors (Lipinski definition) is 3. The Morgan fingerprint density at radius 3 is 2.42 bits per heavy atom. The molecule has 0 aliphatic heterocycles. The van der Waals surface area contributed by atoms with Crippen molar-refractivity contribution in [1.82, 2.24) is 15.5 Å². The molecule has 2 atom stereocenters. The summed E-state index contributed by atoms with van der Waals surface area (Å²) < 4.78 is 5.32. The fourth-order valence-corrected chi connectivity index (χ4v) is 3.72. The van der Waals surface area contributed by atoms with Gasteiger partial charge in [0.1, 0.15) is 23.4 Å². The molecule has 1 rings (SSSR count). The highest BCUT2D eigenvalue weighted by molar-refractivity contribution is 7.98. The van der Waals surface area contributed by atoms with Crippen molar-refractivity contribution in [2.45, 2.75) is 71.1 Å². The van der Waals surface area contributed by atoms with Crippen LogP contribution in [0.25, 0.3) is 0 Å². The predicted molar refractivity (Wildman–Crippen MR) is 132 cm³/mol. The van der Waals surface area contributed by atoms with Crippen molar-refractivity contribution in [2.24, 2.45) is 0 Å². The number of phenols is 1. The second-order valence-electron chi connectivity index (χ2n) is 8.89. The number of nitrogens with zero attached hydrogens (tertiary/aromatic N) is 1. The van der Waals surface area contributed by atoms with E-state index >= 15 is 0 Å². The Kier molecular flexibility index (Phi) is 12.1. The summed E-state index contributed by atoms with van der Waals surface area (Å²) in [7, 11) is 1.51. The molecular formula is C24H39N3O5S. The normalized spacial score (nSPS) is 13.0. The van der Waals surface area contributed by atoms with Crippen molar-refractivity contribution in [2.75, 3.05) is 25.6 Å². The van der Waals surface area contributed by atoms with Crippen molar-refractivity contribution >= 4 is 29.7 Å². The van der Waals surface area contributed by atoms with Crippen LogP contribution in [-0.2, 0) is 14.3 Å². The van der Waals surface area contributed by atoms with E-state index in [9.17, 15) is 19.5 Å². The van der Waals surface area contributed by atoms with Gasteiger partial charge in [-0.05, 0) is 51.7 Å². The Balaban J connectivity index is 3.15. The Morgan fingerprint density at radius 2 is 1.85 bits per heavy atom. The first-order valence-corrected chi connectivity index (χ1v) is 12.7. The molecule has 33 heavy (non-hydrogen) atoms. The number of carbonyl (C=O) groups is 3. The minimum Gasteiger partial charge on any atom is -0.508 e. The minimum atomic E-state index is -1.04. The average molecular weight is 482 g/mol. The molecule has 8 nitrogen and oxygen atoms in total. The van der Waals surface area contributed by atoms with E-state index in [-0.39, 0.29) is 11.7 Å². The molecule has 186 valence electrons. The lowest BCUT2D eigenvalue weighted by Gasteiger charge is -2.32. The highest BCUT2D eigenvalue weighted by atomic mass is 32.2. The lowest BCUT2D eigenvalue weighted by atomic mass is 10.0. The van der Waals surface area contributed by atoms with Crippen LogP contribution in [0.15, 0.2) is 24.3 Å². The van der Waals surface area contributed by atoms with Crippen LogP contribution in [0.2, 0.25) is 0 Å². The molecule has 0 heterocycles. The third-order valence-electron chi connectivity index (χ3n) is 4.89. The number of unbranched alkanes of at least 4 members (excludes halogenated alkanes) is 2. The number of para-hydroxylation sites is 1. The summed E-state index contributed by atoms with van der Waals surface area (Å²) in [5.74, 6) is -0.271.